The minimum absolute atomic E-state index is 0. The van der Waals surface area contributed by atoms with Crippen molar-refractivity contribution in [3.05, 3.63) is 33.8 Å². The lowest BCUT2D eigenvalue weighted by Crippen LogP contribution is -2.30. The second kappa shape index (κ2) is 6.67. The third kappa shape index (κ3) is 3.51. The first-order chi connectivity index (χ1) is 7.27. The van der Waals surface area contributed by atoms with Crippen LogP contribution >= 0.6 is 35.6 Å². The summed E-state index contributed by atoms with van der Waals surface area (Å²) in [5.74, 6) is 0. The highest BCUT2D eigenvalue weighted by Crippen LogP contribution is 2.24. The van der Waals surface area contributed by atoms with E-state index >= 15 is 0 Å². The largest absolute Gasteiger partial charge is 0.315 e. The van der Waals surface area contributed by atoms with E-state index < -0.39 is 0 Å². The molecule has 5 heteroatoms. The van der Waals surface area contributed by atoms with Crippen LogP contribution in [0.1, 0.15) is 12.0 Å². The highest BCUT2D eigenvalue weighted by atomic mass is 35.5. The van der Waals surface area contributed by atoms with Crippen molar-refractivity contribution in [2.75, 3.05) is 13.1 Å². The molecule has 2 nitrogen and oxygen atoms in total. The van der Waals surface area contributed by atoms with Crippen LogP contribution in [-0.2, 0) is 6.54 Å². The lowest BCUT2D eigenvalue weighted by Gasteiger charge is -2.13. The first-order valence-corrected chi connectivity index (χ1v) is 5.90. The van der Waals surface area contributed by atoms with E-state index in [1.807, 2.05) is 18.2 Å². The zero-order valence-electron chi connectivity index (χ0n) is 8.80. The van der Waals surface area contributed by atoms with Crippen LogP contribution in [0.5, 0.6) is 0 Å². The first kappa shape index (κ1) is 14.1. The van der Waals surface area contributed by atoms with Gasteiger partial charge in [0, 0.05) is 34.7 Å². The molecule has 1 saturated heterocycles. The molecule has 1 aliphatic heterocycles. The lowest BCUT2D eigenvalue weighted by molar-refractivity contribution is 0.547. The van der Waals surface area contributed by atoms with Gasteiger partial charge in [-0.25, -0.2) is 0 Å². The van der Waals surface area contributed by atoms with Gasteiger partial charge >= 0.3 is 0 Å². The summed E-state index contributed by atoms with van der Waals surface area (Å²) in [5.41, 5.74) is 0.993. The van der Waals surface area contributed by atoms with Crippen molar-refractivity contribution in [3.8, 4) is 0 Å². The van der Waals surface area contributed by atoms with Crippen molar-refractivity contribution in [3.63, 3.8) is 0 Å². The van der Waals surface area contributed by atoms with Crippen molar-refractivity contribution < 1.29 is 0 Å². The summed E-state index contributed by atoms with van der Waals surface area (Å²) in [5, 5.41) is 8.23. The molecule has 0 unspecified atom stereocenters. The molecular formula is C11H15Cl3N2. The molecular weight excluding hydrogens is 266 g/mol. The predicted molar refractivity (Wildman–Crippen MR) is 71.8 cm³/mol. The summed E-state index contributed by atoms with van der Waals surface area (Å²) in [6.07, 6.45) is 1.17. The van der Waals surface area contributed by atoms with Crippen LogP contribution in [0, 0.1) is 0 Å². The molecule has 0 bridgehead atoms. The average Bonchev–Trinajstić information content (AvgIpc) is 2.70. The van der Waals surface area contributed by atoms with E-state index in [4.69, 9.17) is 23.2 Å². The Morgan fingerprint density at radius 1 is 1.31 bits per heavy atom. The molecule has 0 aliphatic carbocycles. The normalized spacial score (nSPS) is 19.5. The Labute approximate surface area is 112 Å². The molecule has 0 spiro atoms. The van der Waals surface area contributed by atoms with Gasteiger partial charge in [-0.1, -0.05) is 29.3 Å². The molecule has 0 saturated carbocycles. The van der Waals surface area contributed by atoms with Gasteiger partial charge < -0.3 is 10.6 Å². The van der Waals surface area contributed by atoms with Crippen molar-refractivity contribution in [1.82, 2.24) is 10.6 Å². The van der Waals surface area contributed by atoms with Gasteiger partial charge in [-0.05, 0) is 25.1 Å². The van der Waals surface area contributed by atoms with Crippen molar-refractivity contribution in [1.29, 1.82) is 0 Å². The fraction of sp³-hybridized carbons (Fsp3) is 0.455. The van der Waals surface area contributed by atoms with E-state index in [-0.39, 0.29) is 12.4 Å². The summed E-state index contributed by atoms with van der Waals surface area (Å²) in [6.45, 7) is 2.86. The van der Waals surface area contributed by atoms with Gasteiger partial charge in [0.2, 0.25) is 0 Å². The molecule has 1 aromatic rings. The second-order valence-electron chi connectivity index (χ2n) is 3.77. The van der Waals surface area contributed by atoms with E-state index in [9.17, 15) is 0 Å². The lowest BCUT2D eigenvalue weighted by atomic mass is 10.2. The first-order valence-electron chi connectivity index (χ1n) is 5.14. The number of rotatable bonds is 3. The fourth-order valence-electron chi connectivity index (χ4n) is 1.78. The number of hydrogen-bond acceptors (Lipinski definition) is 2. The van der Waals surface area contributed by atoms with E-state index in [0.717, 1.165) is 35.2 Å². The van der Waals surface area contributed by atoms with E-state index in [1.165, 1.54) is 6.42 Å². The minimum Gasteiger partial charge on any atom is -0.315 e. The zero-order chi connectivity index (χ0) is 10.7. The van der Waals surface area contributed by atoms with Gasteiger partial charge in [-0.2, -0.15) is 0 Å². The summed E-state index contributed by atoms with van der Waals surface area (Å²) in [7, 11) is 0. The Kier molecular flexibility index (Phi) is 5.87. The molecule has 0 radical (unpaired) electrons. The fourth-order valence-corrected chi connectivity index (χ4v) is 2.31. The van der Waals surface area contributed by atoms with Crippen molar-refractivity contribution >= 4 is 35.6 Å². The van der Waals surface area contributed by atoms with Crippen LogP contribution in [0.2, 0.25) is 10.0 Å². The maximum absolute atomic E-state index is 6.07. The number of halogens is 3. The SMILES string of the molecule is Cl.Clc1cccc(Cl)c1CN[C@@H]1CCNC1. The van der Waals surface area contributed by atoms with Gasteiger partial charge in [0.1, 0.15) is 0 Å². The van der Waals surface area contributed by atoms with Crippen LogP contribution in [0.25, 0.3) is 0 Å². The van der Waals surface area contributed by atoms with Gasteiger partial charge in [0.15, 0.2) is 0 Å². The van der Waals surface area contributed by atoms with Gasteiger partial charge in [0.25, 0.3) is 0 Å². The number of nitrogens with one attached hydrogen (secondary N) is 2. The Balaban J connectivity index is 0.00000128. The molecule has 1 aliphatic rings. The van der Waals surface area contributed by atoms with Crippen LogP contribution in [0.4, 0.5) is 0 Å². The summed E-state index contributed by atoms with van der Waals surface area (Å²) >= 11 is 12.1. The second-order valence-corrected chi connectivity index (χ2v) is 4.59. The number of benzene rings is 1. The molecule has 16 heavy (non-hydrogen) atoms. The van der Waals surface area contributed by atoms with Crippen LogP contribution in [0.3, 0.4) is 0 Å². The standard InChI is InChI=1S/C11H14Cl2N2.ClH/c12-10-2-1-3-11(13)9(10)7-15-8-4-5-14-6-8;/h1-3,8,14-15H,4-7H2;1H/t8-;/m1./s1. The average molecular weight is 282 g/mol. The third-order valence-electron chi connectivity index (χ3n) is 2.69. The van der Waals surface area contributed by atoms with Crippen LogP contribution in [0.15, 0.2) is 18.2 Å². The van der Waals surface area contributed by atoms with Gasteiger partial charge in [-0.15, -0.1) is 12.4 Å². The van der Waals surface area contributed by atoms with E-state index in [0.29, 0.717) is 6.04 Å². The molecule has 1 atom stereocenters. The molecule has 2 N–H and O–H groups in total. The molecule has 0 aromatic heterocycles. The molecule has 90 valence electrons. The molecule has 1 aromatic carbocycles. The predicted octanol–water partition coefficient (Wildman–Crippen LogP) is 2.87. The van der Waals surface area contributed by atoms with Gasteiger partial charge in [0.05, 0.1) is 0 Å². The van der Waals surface area contributed by atoms with Crippen LogP contribution < -0.4 is 10.6 Å². The molecule has 0 amide bonds. The summed E-state index contributed by atoms with van der Waals surface area (Å²) < 4.78 is 0. The smallest absolute Gasteiger partial charge is 0.0465 e. The third-order valence-corrected chi connectivity index (χ3v) is 3.40. The molecule has 1 heterocycles. The minimum atomic E-state index is 0. The Morgan fingerprint density at radius 3 is 2.56 bits per heavy atom. The Bertz CT molecular complexity index is 318. The summed E-state index contributed by atoms with van der Waals surface area (Å²) in [4.78, 5) is 0. The summed E-state index contributed by atoms with van der Waals surface area (Å²) in [6, 6.07) is 6.15. The molecule has 1 fully saturated rings. The highest BCUT2D eigenvalue weighted by molar-refractivity contribution is 6.35. The zero-order valence-corrected chi connectivity index (χ0v) is 11.1. The van der Waals surface area contributed by atoms with Crippen molar-refractivity contribution in [2.45, 2.75) is 19.0 Å². The maximum atomic E-state index is 6.07. The topological polar surface area (TPSA) is 24.1 Å². The number of hydrogen-bond donors (Lipinski definition) is 2. The Hall–Kier alpha value is 0.01000. The Morgan fingerprint density at radius 2 is 2.00 bits per heavy atom. The monoisotopic (exact) mass is 280 g/mol. The highest BCUT2D eigenvalue weighted by Gasteiger charge is 2.14. The van der Waals surface area contributed by atoms with Gasteiger partial charge in [-0.3, -0.25) is 0 Å². The van der Waals surface area contributed by atoms with E-state index in [1.54, 1.807) is 0 Å². The molecule has 2 rings (SSSR count). The van der Waals surface area contributed by atoms with Crippen molar-refractivity contribution in [2.24, 2.45) is 0 Å². The van der Waals surface area contributed by atoms with Crippen LogP contribution in [-0.4, -0.2) is 19.1 Å². The quantitative estimate of drug-likeness (QED) is 0.890. The van der Waals surface area contributed by atoms with E-state index in [2.05, 4.69) is 10.6 Å². The maximum Gasteiger partial charge on any atom is 0.0465 e.